The molecule has 2 N–H and O–H groups in total. The molecule has 0 radical (unpaired) electrons. The third kappa shape index (κ3) is 5.96. The minimum Gasteiger partial charge on any atom is -0.395 e. The molecule has 0 saturated heterocycles. The Kier molecular flexibility index (Phi) is 8.45. The monoisotopic (exact) mass is 450 g/mol. The maximum absolute atomic E-state index is 13.4. The van der Waals surface area contributed by atoms with Gasteiger partial charge in [-0.2, -0.15) is 13.2 Å². The van der Waals surface area contributed by atoms with Crippen LogP contribution in [-0.4, -0.2) is 42.3 Å². The number of fused-ring (bicyclic) bond motifs is 1. The number of allylic oxidation sites excluding steroid dienone is 3. The minimum absolute atomic E-state index is 0.0461. The Balaban J connectivity index is 1.80. The molecule has 3 rings (SSSR count). The van der Waals surface area contributed by atoms with E-state index in [4.69, 9.17) is 0 Å². The van der Waals surface area contributed by atoms with E-state index in [0.717, 1.165) is 43.6 Å². The number of benzene rings is 1. The third-order valence-electron chi connectivity index (χ3n) is 7.20. The second-order valence-electron chi connectivity index (χ2n) is 9.43. The average molecular weight is 451 g/mol. The summed E-state index contributed by atoms with van der Waals surface area (Å²) >= 11 is 0. The largest absolute Gasteiger partial charge is 0.416 e. The molecule has 3 nitrogen and oxygen atoms in total. The first-order valence-electron chi connectivity index (χ1n) is 11.9. The van der Waals surface area contributed by atoms with E-state index in [2.05, 4.69) is 55.3 Å². The maximum atomic E-state index is 13.4. The van der Waals surface area contributed by atoms with Crippen LogP contribution in [0.5, 0.6) is 0 Å². The van der Waals surface area contributed by atoms with Crippen molar-refractivity contribution in [2.45, 2.75) is 58.2 Å². The third-order valence-corrected chi connectivity index (χ3v) is 7.20. The lowest BCUT2D eigenvalue weighted by atomic mass is 9.70. The molecule has 2 aliphatic rings. The number of nitrogens with zero attached hydrogens (tertiary/aromatic N) is 1. The quantitative estimate of drug-likeness (QED) is 0.478. The summed E-state index contributed by atoms with van der Waals surface area (Å²) in [4.78, 5) is 2.25. The molecule has 0 spiro atoms. The Bertz CT molecular complexity index is 805. The second-order valence-corrected chi connectivity index (χ2v) is 9.43. The first-order valence-corrected chi connectivity index (χ1v) is 11.9. The fraction of sp³-hybridized carbons (Fsp3) is 0.615. The fourth-order valence-corrected chi connectivity index (χ4v) is 5.32. The standard InChI is InChI=1S/C26H37F3N2O/c1-4-31(14-15-32)17-18(2)10-12-22-19(3)23-16-21(26(27,28)29)11-13-24(23)30-25(22)20-8-6-5-7-9-20/h5-8,11,13,16,18-20,22,25,30,32H,4,9-10,12,14-15,17H2,1-3H3/t18-,19+,20?,22-,25+/m1/s1. The Morgan fingerprint density at radius 2 is 2.03 bits per heavy atom. The molecule has 178 valence electrons. The highest BCUT2D eigenvalue weighted by Gasteiger charge is 2.39. The predicted molar refractivity (Wildman–Crippen MR) is 125 cm³/mol. The molecule has 0 amide bonds. The highest BCUT2D eigenvalue weighted by Crippen LogP contribution is 2.45. The van der Waals surface area contributed by atoms with Gasteiger partial charge in [0, 0.05) is 30.7 Å². The van der Waals surface area contributed by atoms with Crippen molar-refractivity contribution < 1.29 is 18.3 Å². The number of hydrogen-bond acceptors (Lipinski definition) is 3. The summed E-state index contributed by atoms with van der Waals surface area (Å²) in [5.41, 5.74) is 1.04. The Morgan fingerprint density at radius 1 is 1.25 bits per heavy atom. The van der Waals surface area contributed by atoms with E-state index in [-0.39, 0.29) is 24.5 Å². The number of anilines is 1. The van der Waals surface area contributed by atoms with Gasteiger partial charge < -0.3 is 15.3 Å². The van der Waals surface area contributed by atoms with Crippen molar-refractivity contribution in [3.05, 3.63) is 53.6 Å². The molecule has 1 heterocycles. The van der Waals surface area contributed by atoms with Crippen LogP contribution >= 0.6 is 0 Å². The van der Waals surface area contributed by atoms with Crippen LogP contribution in [0.4, 0.5) is 18.9 Å². The van der Waals surface area contributed by atoms with E-state index in [1.54, 1.807) is 6.07 Å². The van der Waals surface area contributed by atoms with Gasteiger partial charge >= 0.3 is 6.18 Å². The Morgan fingerprint density at radius 3 is 2.66 bits per heavy atom. The SMILES string of the molecule is CCN(CCO)C[C@H](C)CC[C@@H]1[C@H](C)c2cc(C(F)(F)F)ccc2N[C@H]1C1C=CC=CC1. The van der Waals surface area contributed by atoms with Crippen molar-refractivity contribution in [2.75, 3.05) is 31.6 Å². The van der Waals surface area contributed by atoms with Gasteiger partial charge in [0.25, 0.3) is 0 Å². The van der Waals surface area contributed by atoms with Crippen molar-refractivity contribution >= 4 is 5.69 Å². The number of nitrogens with one attached hydrogen (secondary N) is 1. The zero-order valence-corrected chi connectivity index (χ0v) is 19.4. The normalized spacial score (nSPS) is 26.1. The number of aliphatic hydroxyl groups excluding tert-OH is 1. The van der Waals surface area contributed by atoms with Crippen LogP contribution in [0.1, 0.15) is 57.1 Å². The lowest BCUT2D eigenvalue weighted by molar-refractivity contribution is -0.137. The highest BCUT2D eigenvalue weighted by molar-refractivity contribution is 5.58. The van der Waals surface area contributed by atoms with Gasteiger partial charge in [0.05, 0.1) is 12.2 Å². The maximum Gasteiger partial charge on any atom is 0.416 e. The van der Waals surface area contributed by atoms with Gasteiger partial charge in [0.2, 0.25) is 0 Å². The van der Waals surface area contributed by atoms with E-state index in [0.29, 0.717) is 18.4 Å². The summed E-state index contributed by atoms with van der Waals surface area (Å²) < 4.78 is 40.1. The van der Waals surface area contributed by atoms with Crippen LogP contribution < -0.4 is 5.32 Å². The second kappa shape index (κ2) is 10.9. The van der Waals surface area contributed by atoms with Gasteiger partial charge in [-0.1, -0.05) is 45.1 Å². The number of halogens is 3. The Labute approximate surface area is 190 Å². The van der Waals surface area contributed by atoms with E-state index in [1.165, 1.54) is 12.1 Å². The smallest absolute Gasteiger partial charge is 0.395 e. The van der Waals surface area contributed by atoms with Crippen LogP contribution in [-0.2, 0) is 6.18 Å². The summed E-state index contributed by atoms with van der Waals surface area (Å²) in [5.74, 6) is 1.09. The molecule has 1 aliphatic heterocycles. The highest BCUT2D eigenvalue weighted by atomic mass is 19.4. The molecule has 1 unspecified atom stereocenters. The average Bonchev–Trinajstić information content (AvgIpc) is 2.77. The molecular weight excluding hydrogens is 413 g/mol. The summed E-state index contributed by atoms with van der Waals surface area (Å²) in [6.07, 6.45) is 7.13. The van der Waals surface area contributed by atoms with Gasteiger partial charge in [-0.05, 0) is 67.3 Å². The van der Waals surface area contributed by atoms with E-state index in [9.17, 15) is 18.3 Å². The number of likely N-dealkylation sites (N-methyl/N-ethyl adjacent to an activating group) is 1. The Hall–Kier alpha value is -1.79. The number of hydrogen-bond donors (Lipinski definition) is 2. The molecule has 1 aliphatic carbocycles. The summed E-state index contributed by atoms with van der Waals surface area (Å²) in [7, 11) is 0. The molecule has 1 aromatic carbocycles. The lowest BCUT2D eigenvalue weighted by Crippen LogP contribution is -2.42. The number of aliphatic hydroxyl groups is 1. The van der Waals surface area contributed by atoms with Gasteiger partial charge in [-0.3, -0.25) is 0 Å². The van der Waals surface area contributed by atoms with Gasteiger partial charge in [-0.25, -0.2) is 0 Å². The molecule has 0 aromatic heterocycles. The summed E-state index contributed by atoms with van der Waals surface area (Å²) in [6, 6.07) is 4.34. The van der Waals surface area contributed by atoms with E-state index >= 15 is 0 Å². The van der Waals surface area contributed by atoms with Crippen molar-refractivity contribution in [1.29, 1.82) is 0 Å². The van der Waals surface area contributed by atoms with Crippen molar-refractivity contribution in [3.8, 4) is 0 Å². The molecular formula is C26H37F3N2O. The first-order chi connectivity index (χ1) is 15.2. The number of alkyl halides is 3. The topological polar surface area (TPSA) is 35.5 Å². The van der Waals surface area contributed by atoms with Crippen LogP contribution in [0.15, 0.2) is 42.5 Å². The molecule has 0 fully saturated rings. The van der Waals surface area contributed by atoms with Gasteiger partial charge in [-0.15, -0.1) is 0 Å². The van der Waals surface area contributed by atoms with Crippen molar-refractivity contribution in [3.63, 3.8) is 0 Å². The number of rotatable bonds is 9. The molecule has 0 saturated carbocycles. The molecule has 32 heavy (non-hydrogen) atoms. The predicted octanol–water partition coefficient (Wildman–Crippen LogP) is 6.08. The first kappa shape index (κ1) is 24.8. The zero-order chi connectivity index (χ0) is 23.3. The van der Waals surface area contributed by atoms with Crippen LogP contribution in [0.3, 0.4) is 0 Å². The van der Waals surface area contributed by atoms with Crippen molar-refractivity contribution in [2.24, 2.45) is 17.8 Å². The summed E-state index contributed by atoms with van der Waals surface area (Å²) in [5, 5.41) is 12.9. The summed E-state index contributed by atoms with van der Waals surface area (Å²) in [6.45, 7) is 9.09. The van der Waals surface area contributed by atoms with Crippen LogP contribution in [0.25, 0.3) is 0 Å². The molecule has 5 atom stereocenters. The zero-order valence-electron chi connectivity index (χ0n) is 19.4. The van der Waals surface area contributed by atoms with Crippen LogP contribution in [0, 0.1) is 17.8 Å². The minimum atomic E-state index is -4.33. The van der Waals surface area contributed by atoms with Crippen molar-refractivity contribution in [1.82, 2.24) is 4.90 Å². The van der Waals surface area contributed by atoms with Crippen LogP contribution in [0.2, 0.25) is 0 Å². The van der Waals surface area contributed by atoms with E-state index in [1.807, 2.05) is 0 Å². The lowest BCUT2D eigenvalue weighted by Gasteiger charge is -2.43. The van der Waals surface area contributed by atoms with Gasteiger partial charge in [0.1, 0.15) is 0 Å². The molecule has 6 heteroatoms. The van der Waals surface area contributed by atoms with E-state index < -0.39 is 11.7 Å². The molecule has 0 bridgehead atoms. The fourth-order valence-electron chi connectivity index (χ4n) is 5.32. The molecule has 1 aromatic rings. The van der Waals surface area contributed by atoms with Gasteiger partial charge in [0.15, 0.2) is 0 Å².